The fraction of sp³-hybridized carbons (Fsp3) is 0.182. The Morgan fingerprint density at radius 1 is 1.36 bits per heavy atom. The van der Waals surface area contributed by atoms with E-state index in [1.165, 1.54) is 0 Å². The Balaban J connectivity index is 2.95. The minimum atomic E-state index is -0.362. The summed E-state index contributed by atoms with van der Waals surface area (Å²) in [5, 5.41) is 0.931. The molecular weight excluding hydrogens is 176 g/mol. The Kier molecular flexibility index (Phi) is 1.81. The number of nitrogens with two attached hydrogens (primary N) is 1. The van der Waals surface area contributed by atoms with Crippen LogP contribution in [0.25, 0.3) is 10.9 Å². The van der Waals surface area contributed by atoms with Crippen molar-refractivity contribution in [1.82, 2.24) is 4.57 Å². The molecule has 0 aliphatic heterocycles. The number of fused-ring (bicyclic) bond motifs is 1. The lowest BCUT2D eigenvalue weighted by molar-refractivity contribution is 0.100. The molecule has 0 saturated heterocycles. The van der Waals surface area contributed by atoms with Crippen LogP contribution in [0.3, 0.4) is 0 Å². The van der Waals surface area contributed by atoms with E-state index in [4.69, 9.17) is 5.73 Å². The van der Waals surface area contributed by atoms with Gasteiger partial charge in [0.1, 0.15) is 0 Å². The number of aryl methyl sites for hydroxylation is 1. The summed E-state index contributed by atoms with van der Waals surface area (Å²) < 4.78 is 1.98. The van der Waals surface area contributed by atoms with E-state index in [0.717, 1.165) is 16.6 Å². The van der Waals surface area contributed by atoms with Gasteiger partial charge >= 0.3 is 0 Å². The molecule has 0 fully saturated rings. The van der Waals surface area contributed by atoms with Crippen molar-refractivity contribution in [3.63, 3.8) is 0 Å². The van der Waals surface area contributed by atoms with Gasteiger partial charge in [0, 0.05) is 23.6 Å². The van der Waals surface area contributed by atoms with Crippen molar-refractivity contribution in [3.05, 3.63) is 35.5 Å². The Hall–Kier alpha value is -1.77. The maximum atomic E-state index is 11.3. The quantitative estimate of drug-likeness (QED) is 0.725. The maximum Gasteiger partial charge on any atom is 0.251 e. The number of primary amides is 1. The summed E-state index contributed by atoms with van der Waals surface area (Å²) in [6.07, 6.45) is 0. The summed E-state index contributed by atoms with van der Waals surface area (Å²) in [5.41, 5.74) is 7.93. The van der Waals surface area contributed by atoms with Crippen LogP contribution < -0.4 is 5.73 Å². The van der Waals surface area contributed by atoms with Gasteiger partial charge in [-0.25, -0.2) is 0 Å². The molecule has 1 heterocycles. The number of benzene rings is 1. The molecule has 1 amide bonds. The van der Waals surface area contributed by atoms with Gasteiger partial charge in [0.2, 0.25) is 0 Å². The predicted octanol–water partition coefficient (Wildman–Crippen LogP) is 1.59. The molecule has 2 N–H and O–H groups in total. The summed E-state index contributed by atoms with van der Waals surface area (Å²) in [6, 6.07) is 7.76. The lowest BCUT2D eigenvalue weighted by Crippen LogP contribution is -2.12. The van der Waals surface area contributed by atoms with E-state index in [-0.39, 0.29) is 5.91 Å². The van der Waals surface area contributed by atoms with Gasteiger partial charge in [-0.05, 0) is 13.0 Å². The standard InChI is InChI=1S/C11H12N2O/c1-7-10(11(12)14)8-5-3-4-6-9(8)13(7)2/h3-6H,1-2H3,(H2,12,14). The van der Waals surface area contributed by atoms with Crippen molar-refractivity contribution in [2.24, 2.45) is 12.8 Å². The summed E-state index contributed by atoms with van der Waals surface area (Å²) in [6.45, 7) is 1.90. The van der Waals surface area contributed by atoms with Crippen LogP contribution in [0.4, 0.5) is 0 Å². The number of hydrogen-bond acceptors (Lipinski definition) is 1. The summed E-state index contributed by atoms with van der Waals surface area (Å²) in [7, 11) is 1.93. The highest BCUT2D eigenvalue weighted by atomic mass is 16.1. The highest BCUT2D eigenvalue weighted by molar-refractivity contribution is 6.07. The van der Waals surface area contributed by atoms with E-state index in [1.807, 2.05) is 42.8 Å². The third-order valence-electron chi connectivity index (χ3n) is 2.65. The zero-order chi connectivity index (χ0) is 10.3. The van der Waals surface area contributed by atoms with E-state index in [2.05, 4.69) is 0 Å². The molecule has 3 nitrogen and oxygen atoms in total. The lowest BCUT2D eigenvalue weighted by atomic mass is 10.1. The first-order chi connectivity index (χ1) is 6.63. The fourth-order valence-electron chi connectivity index (χ4n) is 1.83. The minimum absolute atomic E-state index is 0.362. The SMILES string of the molecule is Cc1c(C(N)=O)c2ccccc2n1C. The molecule has 0 saturated carbocycles. The third-order valence-corrected chi connectivity index (χ3v) is 2.65. The minimum Gasteiger partial charge on any atom is -0.366 e. The predicted molar refractivity (Wildman–Crippen MR) is 56.2 cm³/mol. The third kappa shape index (κ3) is 1.02. The van der Waals surface area contributed by atoms with Crippen LogP contribution in [-0.2, 0) is 7.05 Å². The van der Waals surface area contributed by atoms with E-state index in [0.29, 0.717) is 5.56 Å². The topological polar surface area (TPSA) is 48.0 Å². The van der Waals surface area contributed by atoms with Crippen LogP contribution in [0.2, 0.25) is 0 Å². The number of carbonyl (C=O) groups excluding carboxylic acids is 1. The number of carbonyl (C=O) groups is 1. The molecule has 14 heavy (non-hydrogen) atoms. The van der Waals surface area contributed by atoms with E-state index in [1.54, 1.807) is 0 Å². The average Bonchev–Trinajstić information content (AvgIpc) is 2.41. The van der Waals surface area contributed by atoms with Crippen LogP contribution in [0.5, 0.6) is 0 Å². The molecular formula is C11H12N2O. The van der Waals surface area contributed by atoms with Crippen LogP contribution in [0, 0.1) is 6.92 Å². The van der Waals surface area contributed by atoms with Gasteiger partial charge in [-0.15, -0.1) is 0 Å². The zero-order valence-corrected chi connectivity index (χ0v) is 8.24. The summed E-state index contributed by atoms with van der Waals surface area (Å²) in [4.78, 5) is 11.3. The van der Waals surface area contributed by atoms with E-state index >= 15 is 0 Å². The van der Waals surface area contributed by atoms with Crippen molar-refractivity contribution in [2.75, 3.05) is 0 Å². The molecule has 0 unspecified atom stereocenters. The molecule has 0 spiro atoms. The number of nitrogens with zero attached hydrogens (tertiary/aromatic N) is 1. The number of amides is 1. The normalized spacial score (nSPS) is 10.7. The second-order valence-electron chi connectivity index (χ2n) is 3.40. The van der Waals surface area contributed by atoms with Gasteiger partial charge in [-0.3, -0.25) is 4.79 Å². The molecule has 1 aromatic carbocycles. The second kappa shape index (κ2) is 2.87. The first-order valence-electron chi connectivity index (χ1n) is 4.46. The molecule has 2 rings (SSSR count). The molecule has 72 valence electrons. The fourth-order valence-corrected chi connectivity index (χ4v) is 1.83. The molecule has 0 aliphatic rings. The number of hydrogen-bond donors (Lipinski definition) is 1. The maximum absolute atomic E-state index is 11.3. The van der Waals surface area contributed by atoms with Gasteiger partial charge in [0.15, 0.2) is 0 Å². The van der Waals surface area contributed by atoms with Crippen molar-refractivity contribution >= 4 is 16.8 Å². The number of rotatable bonds is 1. The first kappa shape index (κ1) is 8.81. The molecule has 0 radical (unpaired) electrons. The van der Waals surface area contributed by atoms with Gasteiger partial charge in [-0.1, -0.05) is 18.2 Å². The molecule has 1 aromatic heterocycles. The smallest absolute Gasteiger partial charge is 0.251 e. The van der Waals surface area contributed by atoms with Gasteiger partial charge in [-0.2, -0.15) is 0 Å². The largest absolute Gasteiger partial charge is 0.366 e. The monoisotopic (exact) mass is 188 g/mol. The van der Waals surface area contributed by atoms with Crippen molar-refractivity contribution in [2.45, 2.75) is 6.92 Å². The van der Waals surface area contributed by atoms with Crippen LogP contribution in [-0.4, -0.2) is 10.5 Å². The number of para-hydroxylation sites is 1. The van der Waals surface area contributed by atoms with Crippen molar-refractivity contribution < 1.29 is 4.79 Å². The average molecular weight is 188 g/mol. The Morgan fingerprint density at radius 2 is 2.00 bits per heavy atom. The van der Waals surface area contributed by atoms with E-state index < -0.39 is 0 Å². The highest BCUT2D eigenvalue weighted by Crippen LogP contribution is 2.23. The van der Waals surface area contributed by atoms with Crippen LogP contribution in [0.1, 0.15) is 16.1 Å². The van der Waals surface area contributed by atoms with Crippen LogP contribution in [0.15, 0.2) is 24.3 Å². The Morgan fingerprint density at radius 3 is 2.64 bits per heavy atom. The molecule has 3 heteroatoms. The van der Waals surface area contributed by atoms with Crippen LogP contribution >= 0.6 is 0 Å². The molecule has 2 aromatic rings. The molecule has 0 aliphatic carbocycles. The second-order valence-corrected chi connectivity index (χ2v) is 3.40. The Labute approximate surface area is 82.1 Å². The van der Waals surface area contributed by atoms with Gasteiger partial charge < -0.3 is 10.3 Å². The Bertz CT molecular complexity index is 511. The number of aromatic nitrogens is 1. The molecule has 0 atom stereocenters. The lowest BCUT2D eigenvalue weighted by Gasteiger charge is -1.97. The summed E-state index contributed by atoms with van der Waals surface area (Å²) >= 11 is 0. The van der Waals surface area contributed by atoms with E-state index in [9.17, 15) is 4.79 Å². The zero-order valence-electron chi connectivity index (χ0n) is 8.24. The van der Waals surface area contributed by atoms with Crippen molar-refractivity contribution in [3.8, 4) is 0 Å². The first-order valence-corrected chi connectivity index (χ1v) is 4.46. The summed E-state index contributed by atoms with van der Waals surface area (Å²) in [5.74, 6) is -0.362. The van der Waals surface area contributed by atoms with Gasteiger partial charge in [0.05, 0.1) is 5.56 Å². The highest BCUT2D eigenvalue weighted by Gasteiger charge is 2.14. The molecule has 0 bridgehead atoms. The van der Waals surface area contributed by atoms with Gasteiger partial charge in [0.25, 0.3) is 5.91 Å². The van der Waals surface area contributed by atoms with Crippen molar-refractivity contribution in [1.29, 1.82) is 0 Å².